The lowest BCUT2D eigenvalue weighted by Gasteiger charge is -2.13. The van der Waals surface area contributed by atoms with E-state index in [1.807, 2.05) is 42.5 Å². The molecule has 5 nitrogen and oxygen atoms in total. The fourth-order valence-corrected chi connectivity index (χ4v) is 4.07. The first-order chi connectivity index (χ1) is 15.5. The molecule has 2 aromatic rings. The van der Waals surface area contributed by atoms with Crippen LogP contribution in [-0.4, -0.2) is 23.7 Å². The van der Waals surface area contributed by atoms with E-state index in [9.17, 15) is 13.6 Å². The zero-order valence-corrected chi connectivity index (χ0v) is 18.4. The third-order valence-corrected chi connectivity index (χ3v) is 6.11. The largest absolute Gasteiger partial charge is 0.396 e. The SMILES string of the molecule is Cc1nc(C(F)F)c(C(=O)NC2=C(c3ccc(/C=N\OCC4CC4)cc3)CC=CC=C2)s1. The lowest BCUT2D eigenvalue weighted by atomic mass is 9.99. The summed E-state index contributed by atoms with van der Waals surface area (Å²) < 4.78 is 26.6. The van der Waals surface area contributed by atoms with Gasteiger partial charge in [-0.25, -0.2) is 13.8 Å². The van der Waals surface area contributed by atoms with Gasteiger partial charge in [0, 0.05) is 5.70 Å². The van der Waals surface area contributed by atoms with Crippen LogP contribution < -0.4 is 5.32 Å². The number of rotatable bonds is 8. The molecule has 0 atom stereocenters. The molecule has 0 aliphatic heterocycles. The lowest BCUT2D eigenvalue weighted by Crippen LogP contribution is -2.23. The number of aryl methyl sites for hydroxylation is 1. The summed E-state index contributed by atoms with van der Waals surface area (Å²) in [6.07, 6.45) is 9.34. The molecular formula is C24H23F2N3O2S. The first-order valence-corrected chi connectivity index (χ1v) is 11.2. The number of allylic oxidation sites excluding steroid dienone is 5. The highest BCUT2D eigenvalue weighted by atomic mass is 32.1. The number of halogens is 2. The molecule has 1 aromatic heterocycles. The van der Waals surface area contributed by atoms with E-state index < -0.39 is 18.0 Å². The van der Waals surface area contributed by atoms with E-state index in [1.54, 1.807) is 19.2 Å². The third-order valence-electron chi connectivity index (χ3n) is 5.12. The fraction of sp³-hybridized carbons (Fsp3) is 0.292. The number of carbonyl (C=O) groups is 1. The van der Waals surface area contributed by atoms with Crippen molar-refractivity contribution < 1.29 is 18.4 Å². The number of carbonyl (C=O) groups excluding carboxylic acids is 1. The van der Waals surface area contributed by atoms with Gasteiger partial charge in [-0.15, -0.1) is 11.3 Å². The molecule has 0 saturated heterocycles. The molecule has 166 valence electrons. The van der Waals surface area contributed by atoms with Gasteiger partial charge in [0.2, 0.25) is 0 Å². The van der Waals surface area contributed by atoms with Gasteiger partial charge in [0.05, 0.1) is 11.2 Å². The number of thiazole rings is 1. The Hall–Kier alpha value is -3.13. The van der Waals surface area contributed by atoms with Gasteiger partial charge in [-0.3, -0.25) is 4.79 Å². The van der Waals surface area contributed by atoms with Crippen LogP contribution in [0.2, 0.25) is 0 Å². The topological polar surface area (TPSA) is 63.6 Å². The van der Waals surface area contributed by atoms with Crippen molar-refractivity contribution in [3.63, 3.8) is 0 Å². The van der Waals surface area contributed by atoms with E-state index in [0.29, 0.717) is 29.7 Å². The maximum absolute atomic E-state index is 13.3. The Kier molecular flexibility index (Phi) is 6.90. The summed E-state index contributed by atoms with van der Waals surface area (Å²) in [7, 11) is 0. The van der Waals surface area contributed by atoms with E-state index in [1.165, 1.54) is 12.8 Å². The number of alkyl halides is 2. The Bertz CT molecular complexity index is 1100. The van der Waals surface area contributed by atoms with Gasteiger partial charge in [0.1, 0.15) is 17.2 Å². The Labute approximate surface area is 189 Å². The second-order valence-corrected chi connectivity index (χ2v) is 8.88. The molecule has 0 radical (unpaired) electrons. The Morgan fingerprint density at radius 1 is 1.31 bits per heavy atom. The minimum absolute atomic E-state index is 0.0623. The number of benzene rings is 1. The molecule has 4 rings (SSSR count). The van der Waals surface area contributed by atoms with Crippen molar-refractivity contribution in [2.75, 3.05) is 6.61 Å². The second kappa shape index (κ2) is 9.99. The van der Waals surface area contributed by atoms with E-state index in [2.05, 4.69) is 15.5 Å². The van der Waals surface area contributed by atoms with Crippen LogP contribution in [0.3, 0.4) is 0 Å². The second-order valence-electron chi connectivity index (χ2n) is 7.68. The maximum atomic E-state index is 13.3. The molecule has 1 aromatic carbocycles. The monoisotopic (exact) mass is 455 g/mol. The standard InChI is InChI=1S/C24H23F2N3O2S/c1-15-28-21(23(25)26)22(32-15)24(30)29-20-6-4-2-3-5-19(20)18-11-9-16(10-12-18)13-27-31-14-17-7-8-17/h2-4,6,9-13,17,23H,5,7-8,14H2,1H3,(H,29,30)/b27-13-. The van der Waals surface area contributed by atoms with Crippen molar-refractivity contribution in [1.82, 2.24) is 10.3 Å². The van der Waals surface area contributed by atoms with Crippen LogP contribution in [0.5, 0.6) is 0 Å². The van der Waals surface area contributed by atoms with Gasteiger partial charge < -0.3 is 10.2 Å². The Morgan fingerprint density at radius 2 is 2.09 bits per heavy atom. The summed E-state index contributed by atoms with van der Waals surface area (Å²) in [6, 6.07) is 7.73. The van der Waals surface area contributed by atoms with Gasteiger partial charge in [0.15, 0.2) is 0 Å². The van der Waals surface area contributed by atoms with Crippen LogP contribution in [-0.2, 0) is 4.84 Å². The smallest absolute Gasteiger partial charge is 0.282 e. The third kappa shape index (κ3) is 5.56. The number of amides is 1. The van der Waals surface area contributed by atoms with Gasteiger partial charge in [-0.2, -0.15) is 0 Å². The molecule has 2 aliphatic rings. The van der Waals surface area contributed by atoms with Crippen molar-refractivity contribution >= 4 is 29.0 Å². The van der Waals surface area contributed by atoms with Gasteiger partial charge >= 0.3 is 0 Å². The summed E-state index contributed by atoms with van der Waals surface area (Å²) in [5, 5.41) is 7.25. The van der Waals surface area contributed by atoms with Gasteiger partial charge in [-0.05, 0) is 54.9 Å². The van der Waals surface area contributed by atoms with Crippen molar-refractivity contribution in [1.29, 1.82) is 0 Å². The summed E-state index contributed by atoms with van der Waals surface area (Å²) >= 11 is 0.967. The zero-order chi connectivity index (χ0) is 22.5. The van der Waals surface area contributed by atoms with E-state index in [4.69, 9.17) is 4.84 Å². The highest BCUT2D eigenvalue weighted by Gasteiger charge is 2.24. The van der Waals surface area contributed by atoms with Crippen LogP contribution in [0.25, 0.3) is 5.57 Å². The number of nitrogens with one attached hydrogen (secondary N) is 1. The van der Waals surface area contributed by atoms with E-state index in [-0.39, 0.29) is 4.88 Å². The van der Waals surface area contributed by atoms with Crippen LogP contribution in [0.15, 0.2) is 59.4 Å². The first-order valence-electron chi connectivity index (χ1n) is 10.4. The zero-order valence-electron chi connectivity index (χ0n) is 17.6. The fourth-order valence-electron chi connectivity index (χ4n) is 3.25. The number of hydrogen-bond donors (Lipinski definition) is 1. The highest BCUT2D eigenvalue weighted by molar-refractivity contribution is 7.13. The highest BCUT2D eigenvalue weighted by Crippen LogP contribution is 2.30. The summed E-state index contributed by atoms with van der Waals surface area (Å²) in [4.78, 5) is 21.8. The first kappa shape index (κ1) is 22.1. The average Bonchev–Trinajstić information content (AvgIpc) is 3.55. The molecule has 0 spiro atoms. The molecule has 1 saturated carbocycles. The van der Waals surface area contributed by atoms with Crippen molar-refractivity contribution in [2.24, 2.45) is 11.1 Å². The Morgan fingerprint density at radius 3 is 2.81 bits per heavy atom. The summed E-state index contributed by atoms with van der Waals surface area (Å²) in [6.45, 7) is 2.27. The van der Waals surface area contributed by atoms with Crippen molar-refractivity contribution in [3.05, 3.63) is 81.0 Å². The molecule has 0 unspecified atom stereocenters. The lowest BCUT2D eigenvalue weighted by molar-refractivity contribution is 0.0956. The number of nitrogens with zero attached hydrogens (tertiary/aromatic N) is 2. The van der Waals surface area contributed by atoms with Crippen LogP contribution in [0.1, 0.15) is 57.2 Å². The number of aromatic nitrogens is 1. The molecular weight excluding hydrogens is 432 g/mol. The predicted octanol–water partition coefficient (Wildman–Crippen LogP) is 5.81. The molecule has 32 heavy (non-hydrogen) atoms. The maximum Gasteiger partial charge on any atom is 0.282 e. The summed E-state index contributed by atoms with van der Waals surface area (Å²) in [5.41, 5.74) is 2.80. The van der Waals surface area contributed by atoms with Crippen LogP contribution in [0.4, 0.5) is 8.78 Å². The molecule has 0 bridgehead atoms. The predicted molar refractivity (Wildman–Crippen MR) is 122 cm³/mol. The van der Waals surface area contributed by atoms with E-state index in [0.717, 1.165) is 28.0 Å². The van der Waals surface area contributed by atoms with Crippen LogP contribution in [0, 0.1) is 12.8 Å². The number of oxime groups is 1. The minimum Gasteiger partial charge on any atom is -0.396 e. The van der Waals surface area contributed by atoms with Crippen molar-refractivity contribution in [3.8, 4) is 0 Å². The molecule has 1 amide bonds. The molecule has 1 heterocycles. The molecule has 1 fully saturated rings. The summed E-state index contributed by atoms with van der Waals surface area (Å²) in [5.74, 6) is 0.0681. The molecule has 8 heteroatoms. The van der Waals surface area contributed by atoms with Crippen molar-refractivity contribution in [2.45, 2.75) is 32.6 Å². The minimum atomic E-state index is -2.80. The van der Waals surface area contributed by atoms with Crippen LogP contribution >= 0.6 is 11.3 Å². The molecule has 1 N–H and O–H groups in total. The molecule has 2 aliphatic carbocycles. The van der Waals surface area contributed by atoms with Gasteiger partial charge in [-0.1, -0.05) is 47.6 Å². The number of hydrogen-bond acceptors (Lipinski definition) is 5. The average molecular weight is 456 g/mol. The quantitative estimate of drug-likeness (QED) is 0.404. The van der Waals surface area contributed by atoms with Gasteiger partial charge in [0.25, 0.3) is 12.3 Å². The van der Waals surface area contributed by atoms with E-state index >= 15 is 0 Å². The normalized spacial score (nSPS) is 16.1. The Balaban J connectivity index is 1.53.